The molecule has 0 aromatic carbocycles. The van der Waals surface area contributed by atoms with E-state index < -0.39 is 48.6 Å². The summed E-state index contributed by atoms with van der Waals surface area (Å²) in [5, 5.41) is 46.1. The molecular weight excluding hydrogens is 514 g/mol. The Kier molecular flexibility index (Phi) is 11.3. The van der Waals surface area contributed by atoms with Crippen LogP contribution in [0.2, 0.25) is 0 Å². The molecule has 1 aliphatic heterocycles. The van der Waals surface area contributed by atoms with Crippen molar-refractivity contribution in [2.24, 2.45) is 11.5 Å². The summed E-state index contributed by atoms with van der Waals surface area (Å²) in [4.78, 5) is 34.2. The molecule has 3 rings (SSSR count). The van der Waals surface area contributed by atoms with Gasteiger partial charge in [-0.25, -0.2) is 15.0 Å². The Morgan fingerprint density at radius 1 is 0.974 bits per heavy atom. The first-order chi connectivity index (χ1) is 18.6. The summed E-state index contributed by atoms with van der Waals surface area (Å²) in [7, 11) is 0. The average Bonchev–Trinajstić information content (AvgIpc) is 3.45. The number of ether oxygens (including phenoxy) is 1. The number of aliphatic carboxylic acids is 2. The van der Waals surface area contributed by atoms with Crippen LogP contribution >= 0.6 is 0 Å². The van der Waals surface area contributed by atoms with Crippen molar-refractivity contribution in [1.82, 2.24) is 30.2 Å². The van der Waals surface area contributed by atoms with E-state index >= 15 is 0 Å². The zero-order chi connectivity index (χ0) is 28.5. The number of carbonyl (C=O) groups is 2. The fraction of sp³-hybridized carbons (Fsp3) is 0.696. The zero-order valence-corrected chi connectivity index (χ0v) is 21.6. The highest BCUT2D eigenvalue weighted by Gasteiger charge is 2.45. The fourth-order valence-corrected chi connectivity index (χ4v) is 4.53. The topological polar surface area (TPSA) is 270 Å². The van der Waals surface area contributed by atoms with Gasteiger partial charge in [-0.3, -0.25) is 14.2 Å². The number of aromatic nitrogens is 4. The molecule has 7 atom stereocenters. The van der Waals surface area contributed by atoms with Gasteiger partial charge in [-0.2, -0.15) is 0 Å². The third-order valence-electron chi connectivity index (χ3n) is 6.83. The van der Waals surface area contributed by atoms with E-state index in [0.29, 0.717) is 50.1 Å². The molecule has 16 nitrogen and oxygen atoms in total. The molecule has 0 radical (unpaired) electrons. The average molecular weight is 554 g/mol. The van der Waals surface area contributed by atoms with Crippen LogP contribution in [0.4, 0.5) is 5.82 Å². The third kappa shape index (κ3) is 8.25. The van der Waals surface area contributed by atoms with Crippen molar-refractivity contribution in [3.8, 4) is 0 Å². The van der Waals surface area contributed by atoms with E-state index in [1.54, 1.807) is 0 Å². The quantitative estimate of drug-likeness (QED) is 0.0935. The Bertz CT molecular complexity index is 1090. The first-order valence-corrected chi connectivity index (χ1v) is 13.0. The summed E-state index contributed by atoms with van der Waals surface area (Å²) in [6, 6.07) is -2.14. The maximum Gasteiger partial charge on any atom is 0.320 e. The van der Waals surface area contributed by atoms with Gasteiger partial charge in [0.2, 0.25) is 0 Å². The minimum Gasteiger partial charge on any atom is -0.480 e. The zero-order valence-electron chi connectivity index (χ0n) is 21.6. The van der Waals surface area contributed by atoms with Crippen molar-refractivity contribution in [1.29, 1.82) is 0 Å². The largest absolute Gasteiger partial charge is 0.480 e. The molecule has 1 fully saturated rings. The van der Waals surface area contributed by atoms with E-state index in [0.717, 1.165) is 6.42 Å². The normalized spacial score (nSPS) is 23.6. The van der Waals surface area contributed by atoms with Crippen LogP contribution in [0.3, 0.4) is 0 Å². The molecule has 1 aliphatic rings. The molecule has 0 aliphatic carbocycles. The van der Waals surface area contributed by atoms with Gasteiger partial charge in [-0.15, -0.1) is 0 Å². The van der Waals surface area contributed by atoms with Crippen molar-refractivity contribution in [2.75, 3.05) is 25.4 Å². The SMILES string of the molecule is Nc1ncnc2c1ncn2[C@@H]1O[C@H](C[C@H](CC[C@H](N)C(=O)O)NCCNCCCC[C@H](N)C(=O)O)C(O)C1O. The lowest BCUT2D eigenvalue weighted by atomic mass is 9.98. The first-order valence-electron chi connectivity index (χ1n) is 13.0. The molecule has 218 valence electrons. The Balaban J connectivity index is 1.54. The first kappa shape index (κ1) is 30.6. The molecule has 16 heteroatoms. The van der Waals surface area contributed by atoms with Crippen LogP contribution in [0.1, 0.15) is 44.8 Å². The van der Waals surface area contributed by atoms with Gasteiger partial charge in [0.1, 0.15) is 36.1 Å². The van der Waals surface area contributed by atoms with E-state index in [-0.39, 0.29) is 24.7 Å². The van der Waals surface area contributed by atoms with Crippen LogP contribution in [0, 0.1) is 0 Å². The van der Waals surface area contributed by atoms with Gasteiger partial charge in [0.05, 0.1) is 12.4 Å². The van der Waals surface area contributed by atoms with Crippen LogP contribution in [0.15, 0.2) is 12.7 Å². The van der Waals surface area contributed by atoms with Crippen molar-refractivity contribution in [3.05, 3.63) is 12.7 Å². The van der Waals surface area contributed by atoms with Crippen LogP contribution in [0.5, 0.6) is 0 Å². The molecule has 0 amide bonds. The highest BCUT2D eigenvalue weighted by Crippen LogP contribution is 2.34. The molecular formula is C23H39N9O7. The molecule has 3 heterocycles. The van der Waals surface area contributed by atoms with E-state index in [1.807, 2.05) is 0 Å². The number of rotatable bonds is 17. The van der Waals surface area contributed by atoms with Gasteiger partial charge in [0.25, 0.3) is 0 Å². The number of nitrogens with one attached hydrogen (secondary N) is 2. The number of hydrogen-bond donors (Lipinski definition) is 9. The van der Waals surface area contributed by atoms with E-state index in [2.05, 4.69) is 25.6 Å². The van der Waals surface area contributed by atoms with Gasteiger partial charge in [-0.05, 0) is 38.6 Å². The van der Waals surface area contributed by atoms with Crippen molar-refractivity contribution >= 4 is 28.9 Å². The fourth-order valence-electron chi connectivity index (χ4n) is 4.53. The van der Waals surface area contributed by atoms with Crippen molar-refractivity contribution < 1.29 is 34.8 Å². The van der Waals surface area contributed by atoms with Crippen LogP contribution < -0.4 is 27.8 Å². The number of aliphatic hydroxyl groups is 2. The molecule has 0 bridgehead atoms. The predicted molar refractivity (Wildman–Crippen MR) is 139 cm³/mol. The number of carboxylic acids is 2. The molecule has 2 unspecified atom stereocenters. The minimum atomic E-state index is -1.26. The molecule has 0 spiro atoms. The number of hydrogen-bond acceptors (Lipinski definition) is 13. The maximum atomic E-state index is 11.2. The lowest BCUT2D eigenvalue weighted by Crippen LogP contribution is -2.42. The van der Waals surface area contributed by atoms with Gasteiger partial charge in [-0.1, -0.05) is 6.42 Å². The van der Waals surface area contributed by atoms with Crippen LogP contribution in [0.25, 0.3) is 11.2 Å². The van der Waals surface area contributed by atoms with Gasteiger partial charge >= 0.3 is 11.9 Å². The second-order valence-electron chi connectivity index (χ2n) is 9.73. The molecule has 1 saturated heterocycles. The second kappa shape index (κ2) is 14.4. The number of unbranched alkanes of at least 4 members (excludes halogenated alkanes) is 1. The van der Waals surface area contributed by atoms with Crippen molar-refractivity contribution in [2.45, 2.75) is 81.2 Å². The Labute approximate surface area is 224 Å². The molecule has 39 heavy (non-hydrogen) atoms. The Morgan fingerprint density at radius 2 is 1.69 bits per heavy atom. The highest BCUT2D eigenvalue weighted by atomic mass is 16.6. The summed E-state index contributed by atoms with van der Waals surface area (Å²) in [5.74, 6) is -1.92. The molecule has 0 saturated carbocycles. The number of nitrogen functional groups attached to an aromatic ring is 1. The van der Waals surface area contributed by atoms with Crippen LogP contribution in [-0.2, 0) is 14.3 Å². The summed E-state index contributed by atoms with van der Waals surface area (Å²) >= 11 is 0. The number of imidazole rings is 1. The van der Waals surface area contributed by atoms with Crippen molar-refractivity contribution in [3.63, 3.8) is 0 Å². The third-order valence-corrected chi connectivity index (χ3v) is 6.83. The summed E-state index contributed by atoms with van der Waals surface area (Å²) < 4.78 is 7.53. The van der Waals surface area contributed by atoms with E-state index in [4.69, 9.17) is 32.2 Å². The summed E-state index contributed by atoms with van der Waals surface area (Å²) in [6.07, 6.45) is 1.29. The Hall–Kier alpha value is -2.99. The lowest BCUT2D eigenvalue weighted by molar-refractivity contribution is -0.139. The van der Waals surface area contributed by atoms with Gasteiger partial charge < -0.3 is 53.0 Å². The molecule has 12 N–H and O–H groups in total. The second-order valence-corrected chi connectivity index (χ2v) is 9.73. The number of aliphatic hydroxyl groups excluding tert-OH is 2. The van der Waals surface area contributed by atoms with Gasteiger partial charge in [0, 0.05) is 19.1 Å². The highest BCUT2D eigenvalue weighted by molar-refractivity contribution is 5.81. The Morgan fingerprint density at radius 3 is 2.41 bits per heavy atom. The number of fused-ring (bicyclic) bond motifs is 1. The monoisotopic (exact) mass is 553 g/mol. The van der Waals surface area contributed by atoms with E-state index in [1.165, 1.54) is 17.2 Å². The maximum absolute atomic E-state index is 11.2. The number of nitrogens with zero attached hydrogens (tertiary/aromatic N) is 4. The predicted octanol–water partition coefficient (Wildman–Crippen LogP) is -2.26. The number of nitrogens with two attached hydrogens (primary N) is 3. The lowest BCUT2D eigenvalue weighted by Gasteiger charge is -2.24. The van der Waals surface area contributed by atoms with E-state index in [9.17, 15) is 19.8 Å². The number of anilines is 1. The molecule has 2 aromatic heterocycles. The summed E-state index contributed by atoms with van der Waals surface area (Å²) in [5.41, 5.74) is 17.8. The standard InChI is InChI=1S/C23H39N9O7/c24-13(22(35)36)3-1-2-6-27-7-8-28-12(4-5-14(25)23(37)38)9-15-17(33)18(34)21(39-15)32-11-31-16-19(26)29-10-30-20(16)32/h10-15,17-18,21,27-28,33-34H,1-9,24-25H2,(H,35,36)(H,37,38)(H2,26,29,30)/t12-,13-,14-,15+,17?,18?,21+/m0/s1. The number of carboxylic acid groups (broad SMARTS) is 2. The van der Waals surface area contributed by atoms with Crippen LogP contribution in [-0.4, -0.2) is 108 Å². The minimum absolute atomic E-state index is 0.180. The van der Waals surface area contributed by atoms with Gasteiger partial charge in [0.15, 0.2) is 17.7 Å². The summed E-state index contributed by atoms with van der Waals surface area (Å²) in [6.45, 7) is 1.83. The molecule has 2 aromatic rings. The smallest absolute Gasteiger partial charge is 0.320 e.